The van der Waals surface area contributed by atoms with Crippen molar-refractivity contribution in [2.45, 2.75) is 102 Å². The molecule has 3 aliphatic rings. The summed E-state index contributed by atoms with van der Waals surface area (Å²) in [6.07, 6.45) is 1.13. The van der Waals surface area contributed by atoms with Crippen molar-refractivity contribution >= 4 is 33.7 Å². The molecule has 38 heavy (non-hydrogen) atoms. The number of fused-ring (bicyclic) bond motifs is 1. The van der Waals surface area contributed by atoms with Crippen molar-refractivity contribution in [2.24, 2.45) is 17.3 Å². The highest BCUT2D eigenvalue weighted by molar-refractivity contribution is 9.09. The lowest BCUT2D eigenvalue weighted by atomic mass is 9.70. The zero-order valence-corrected chi connectivity index (χ0v) is 24.9. The summed E-state index contributed by atoms with van der Waals surface area (Å²) < 4.78 is 6.56. The normalized spacial score (nSPS) is 31.3. The maximum atomic E-state index is 14.1. The van der Waals surface area contributed by atoms with E-state index in [4.69, 9.17) is 4.74 Å². The second kappa shape index (κ2) is 10.5. The highest BCUT2D eigenvalue weighted by atomic mass is 79.9. The van der Waals surface area contributed by atoms with Crippen LogP contribution in [0.15, 0.2) is 30.3 Å². The van der Waals surface area contributed by atoms with Crippen LogP contribution < -0.4 is 10.6 Å². The molecule has 7 atom stereocenters. The molecule has 3 aliphatic heterocycles. The van der Waals surface area contributed by atoms with E-state index < -0.39 is 41.2 Å². The van der Waals surface area contributed by atoms with Crippen molar-refractivity contribution in [3.05, 3.63) is 35.9 Å². The Hall–Kier alpha value is -1.97. The van der Waals surface area contributed by atoms with E-state index in [2.05, 4.69) is 47.3 Å². The standard InChI is InChI=1S/C29H42BrN3O5/c1-7-18(15-34)33-23(25(36)32-28(5,6)16-27(2,3)4)29-13-19(30)22(38-29)20(21(29)26(33)37)24(35)31-14-17-11-9-8-10-12-17/h8-12,18-23,34H,7,13-16H2,1-6H3,(H,31,35)(H,32,36)/t18-,19?,20-,21-,22-,23?,29?/m0/s1. The number of carbonyl (C=O) groups is 3. The first-order chi connectivity index (χ1) is 17.7. The second-order valence-electron chi connectivity index (χ2n) is 13.0. The monoisotopic (exact) mass is 591 g/mol. The van der Waals surface area contributed by atoms with Crippen LogP contribution in [0.3, 0.4) is 0 Å². The molecule has 3 heterocycles. The van der Waals surface area contributed by atoms with Crippen molar-refractivity contribution in [1.29, 1.82) is 0 Å². The van der Waals surface area contributed by atoms with Crippen molar-refractivity contribution in [3.8, 4) is 0 Å². The molecule has 1 aromatic rings. The predicted octanol–water partition coefficient (Wildman–Crippen LogP) is 3.15. The molecule has 3 amide bonds. The number of alkyl halides is 1. The maximum Gasteiger partial charge on any atom is 0.246 e. The van der Waals surface area contributed by atoms with Gasteiger partial charge in [-0.2, -0.15) is 0 Å². The van der Waals surface area contributed by atoms with Crippen molar-refractivity contribution < 1.29 is 24.2 Å². The molecule has 0 aromatic heterocycles. The van der Waals surface area contributed by atoms with Gasteiger partial charge in [-0.05, 0) is 44.1 Å². The highest BCUT2D eigenvalue weighted by Gasteiger charge is 2.77. The van der Waals surface area contributed by atoms with Gasteiger partial charge in [0, 0.05) is 16.9 Å². The first kappa shape index (κ1) is 29.0. The van der Waals surface area contributed by atoms with E-state index in [0.717, 1.165) is 12.0 Å². The van der Waals surface area contributed by atoms with Gasteiger partial charge in [-0.3, -0.25) is 14.4 Å². The van der Waals surface area contributed by atoms with Gasteiger partial charge in [0.1, 0.15) is 11.6 Å². The number of rotatable bonds is 9. The molecule has 1 aromatic carbocycles. The molecule has 2 bridgehead atoms. The fraction of sp³-hybridized carbons (Fsp3) is 0.690. The Morgan fingerprint density at radius 2 is 1.84 bits per heavy atom. The second-order valence-corrected chi connectivity index (χ2v) is 14.1. The number of carbonyl (C=O) groups excluding carboxylic acids is 3. The van der Waals surface area contributed by atoms with E-state index in [1.165, 1.54) is 4.90 Å². The van der Waals surface area contributed by atoms with Gasteiger partial charge in [0.15, 0.2) is 0 Å². The number of benzene rings is 1. The van der Waals surface area contributed by atoms with E-state index in [1.807, 2.05) is 51.1 Å². The van der Waals surface area contributed by atoms with Gasteiger partial charge in [0.25, 0.3) is 0 Å². The molecule has 1 spiro atoms. The Bertz CT molecular complexity index is 1050. The van der Waals surface area contributed by atoms with Gasteiger partial charge < -0.3 is 25.4 Å². The van der Waals surface area contributed by atoms with Gasteiger partial charge in [0.2, 0.25) is 17.7 Å². The lowest BCUT2D eigenvalue weighted by Crippen LogP contribution is -2.61. The zero-order chi connectivity index (χ0) is 28.0. The summed E-state index contributed by atoms with van der Waals surface area (Å²) in [5.74, 6) is -2.37. The van der Waals surface area contributed by atoms with E-state index in [1.54, 1.807) is 0 Å². The number of nitrogens with zero attached hydrogens (tertiary/aromatic N) is 1. The van der Waals surface area contributed by atoms with E-state index in [0.29, 0.717) is 19.4 Å². The van der Waals surface area contributed by atoms with Gasteiger partial charge in [-0.1, -0.05) is 74.0 Å². The fourth-order valence-electron chi connectivity index (χ4n) is 7.15. The molecule has 3 fully saturated rings. The molecule has 4 rings (SSSR count). The minimum Gasteiger partial charge on any atom is -0.394 e. The van der Waals surface area contributed by atoms with E-state index in [9.17, 15) is 19.5 Å². The van der Waals surface area contributed by atoms with Crippen molar-refractivity contribution in [1.82, 2.24) is 15.5 Å². The molecule has 3 saturated heterocycles. The first-order valence-electron chi connectivity index (χ1n) is 13.6. The van der Waals surface area contributed by atoms with Crippen molar-refractivity contribution in [3.63, 3.8) is 0 Å². The fourth-order valence-corrected chi connectivity index (χ4v) is 8.09. The average Bonchev–Trinajstić information content (AvgIpc) is 3.41. The molecule has 0 aliphatic carbocycles. The number of nitrogens with one attached hydrogen (secondary N) is 2. The van der Waals surface area contributed by atoms with Gasteiger partial charge >= 0.3 is 0 Å². The van der Waals surface area contributed by atoms with E-state index in [-0.39, 0.29) is 34.6 Å². The van der Waals surface area contributed by atoms with Crippen LogP contribution in [0.2, 0.25) is 0 Å². The molecular formula is C29H42BrN3O5. The summed E-state index contributed by atoms with van der Waals surface area (Å²) >= 11 is 3.70. The highest BCUT2D eigenvalue weighted by Crippen LogP contribution is 2.60. The van der Waals surface area contributed by atoms with Crippen LogP contribution in [0.25, 0.3) is 0 Å². The lowest BCUT2D eigenvalue weighted by molar-refractivity contribution is -0.146. The van der Waals surface area contributed by atoms with Gasteiger partial charge in [-0.15, -0.1) is 0 Å². The number of aliphatic hydroxyl groups excluding tert-OH is 1. The number of halogens is 1. The summed E-state index contributed by atoms with van der Waals surface area (Å²) in [6, 6.07) is 8.12. The summed E-state index contributed by atoms with van der Waals surface area (Å²) in [6.45, 7) is 12.3. The Morgan fingerprint density at radius 3 is 2.42 bits per heavy atom. The van der Waals surface area contributed by atoms with Crippen LogP contribution in [0.5, 0.6) is 0 Å². The minimum atomic E-state index is -1.14. The predicted molar refractivity (Wildman–Crippen MR) is 148 cm³/mol. The zero-order valence-electron chi connectivity index (χ0n) is 23.3. The van der Waals surface area contributed by atoms with Crippen LogP contribution in [0.1, 0.15) is 66.4 Å². The van der Waals surface area contributed by atoms with Crippen LogP contribution in [0.4, 0.5) is 0 Å². The number of aliphatic hydroxyl groups is 1. The third-order valence-corrected chi connectivity index (χ3v) is 8.94. The Labute approximate surface area is 234 Å². The minimum absolute atomic E-state index is 0.0228. The molecule has 8 nitrogen and oxygen atoms in total. The smallest absolute Gasteiger partial charge is 0.246 e. The van der Waals surface area contributed by atoms with Crippen LogP contribution >= 0.6 is 15.9 Å². The lowest BCUT2D eigenvalue weighted by Gasteiger charge is -2.40. The summed E-state index contributed by atoms with van der Waals surface area (Å²) in [4.78, 5) is 43.1. The molecule has 9 heteroatoms. The number of hydrogen-bond donors (Lipinski definition) is 3. The molecule has 0 radical (unpaired) electrons. The third-order valence-electron chi connectivity index (χ3n) is 8.10. The molecule has 210 valence electrons. The summed E-state index contributed by atoms with van der Waals surface area (Å²) in [5.41, 5.74) is -0.740. The van der Waals surface area contributed by atoms with Crippen LogP contribution in [-0.2, 0) is 25.7 Å². The van der Waals surface area contributed by atoms with Gasteiger partial charge in [-0.25, -0.2) is 0 Å². The quantitative estimate of drug-likeness (QED) is 0.382. The SMILES string of the molecule is CC[C@@H](CO)N1C(=O)[C@@H]2[C@H](C(=O)NCc3ccccc3)[C@H]3OC2(CC3Br)C1C(=O)NC(C)(C)CC(C)(C)C. The summed E-state index contributed by atoms with van der Waals surface area (Å²) in [5, 5.41) is 16.4. The number of ether oxygens (including phenoxy) is 1. The van der Waals surface area contributed by atoms with Crippen LogP contribution in [-0.4, -0.2) is 68.5 Å². The largest absolute Gasteiger partial charge is 0.394 e. The Kier molecular flexibility index (Phi) is 8.05. The Balaban J connectivity index is 1.67. The third kappa shape index (κ3) is 5.26. The number of hydrogen-bond acceptors (Lipinski definition) is 5. The van der Waals surface area contributed by atoms with Gasteiger partial charge in [0.05, 0.1) is 30.6 Å². The number of likely N-dealkylation sites (tertiary alicyclic amines) is 1. The Morgan fingerprint density at radius 1 is 1.18 bits per heavy atom. The molecule has 0 saturated carbocycles. The topological polar surface area (TPSA) is 108 Å². The molecular weight excluding hydrogens is 550 g/mol. The average molecular weight is 593 g/mol. The maximum absolute atomic E-state index is 14.1. The number of amides is 3. The van der Waals surface area contributed by atoms with E-state index >= 15 is 0 Å². The first-order valence-corrected chi connectivity index (χ1v) is 14.5. The summed E-state index contributed by atoms with van der Waals surface area (Å²) in [7, 11) is 0. The van der Waals surface area contributed by atoms with Crippen molar-refractivity contribution in [2.75, 3.05) is 6.61 Å². The molecule has 3 N–H and O–H groups in total. The van der Waals surface area contributed by atoms with Crippen LogP contribution in [0, 0.1) is 17.3 Å². The molecule has 3 unspecified atom stereocenters.